The monoisotopic (exact) mass is 283 g/mol. The van der Waals surface area contributed by atoms with Crippen molar-refractivity contribution >= 4 is 5.69 Å². The van der Waals surface area contributed by atoms with E-state index in [0.717, 1.165) is 37.3 Å². The molecule has 2 aromatic carbocycles. The summed E-state index contributed by atoms with van der Waals surface area (Å²) in [5.74, 6) is 0.941. The van der Waals surface area contributed by atoms with Gasteiger partial charge in [0.15, 0.2) is 0 Å². The predicted molar refractivity (Wildman–Crippen MR) is 90.1 cm³/mol. The molecule has 2 rings (SSSR count). The van der Waals surface area contributed by atoms with E-state index in [9.17, 15) is 0 Å². The van der Waals surface area contributed by atoms with Crippen LogP contribution in [-0.4, -0.2) is 12.6 Å². The molecule has 2 aromatic rings. The molecule has 2 nitrogen and oxygen atoms in total. The Morgan fingerprint density at radius 3 is 2.52 bits per heavy atom. The first-order valence-electron chi connectivity index (χ1n) is 7.85. The zero-order valence-electron chi connectivity index (χ0n) is 13.0. The number of rotatable bonds is 8. The van der Waals surface area contributed by atoms with E-state index < -0.39 is 0 Å². The zero-order chi connectivity index (χ0) is 14.9. The molecule has 1 unspecified atom stereocenters. The summed E-state index contributed by atoms with van der Waals surface area (Å²) in [6.07, 6.45) is 3.16. The summed E-state index contributed by atoms with van der Waals surface area (Å²) in [5, 5.41) is 3.61. The van der Waals surface area contributed by atoms with Crippen molar-refractivity contribution in [2.45, 2.75) is 39.2 Å². The van der Waals surface area contributed by atoms with Crippen molar-refractivity contribution in [2.24, 2.45) is 0 Å². The fraction of sp³-hybridized carbons (Fsp3) is 0.368. The summed E-state index contributed by atoms with van der Waals surface area (Å²) >= 11 is 0. The molecule has 0 aromatic heterocycles. The number of nitrogens with one attached hydrogen (secondary N) is 1. The van der Waals surface area contributed by atoms with Crippen molar-refractivity contribution in [3.63, 3.8) is 0 Å². The Bertz CT molecular complexity index is 524. The smallest absolute Gasteiger partial charge is 0.121 e. The third-order valence-corrected chi connectivity index (χ3v) is 3.50. The first kappa shape index (κ1) is 15.4. The van der Waals surface area contributed by atoms with Crippen molar-refractivity contribution in [2.75, 3.05) is 11.9 Å². The molecule has 1 atom stereocenters. The van der Waals surface area contributed by atoms with Gasteiger partial charge >= 0.3 is 0 Å². The van der Waals surface area contributed by atoms with Gasteiger partial charge in [-0.2, -0.15) is 0 Å². The lowest BCUT2D eigenvalue weighted by Crippen LogP contribution is -2.21. The second kappa shape index (κ2) is 8.35. The molecule has 0 bridgehead atoms. The van der Waals surface area contributed by atoms with Gasteiger partial charge in [-0.25, -0.2) is 0 Å². The Labute approximate surface area is 128 Å². The van der Waals surface area contributed by atoms with Crippen molar-refractivity contribution in [1.29, 1.82) is 0 Å². The van der Waals surface area contributed by atoms with Gasteiger partial charge in [0.1, 0.15) is 5.75 Å². The first-order chi connectivity index (χ1) is 10.3. The maximum atomic E-state index is 5.69. The van der Waals surface area contributed by atoms with Gasteiger partial charge in [0, 0.05) is 17.8 Å². The Morgan fingerprint density at radius 2 is 1.81 bits per heavy atom. The lowest BCUT2D eigenvalue weighted by atomic mass is 10.0. The van der Waals surface area contributed by atoms with Crippen LogP contribution in [0.25, 0.3) is 0 Å². The lowest BCUT2D eigenvalue weighted by Gasteiger charge is -2.19. The summed E-state index contributed by atoms with van der Waals surface area (Å²) in [7, 11) is 0. The molecular formula is C19H25NO. The maximum absolute atomic E-state index is 5.69. The minimum atomic E-state index is 0.439. The van der Waals surface area contributed by atoms with Crippen LogP contribution >= 0.6 is 0 Å². The molecule has 0 spiro atoms. The Balaban J connectivity index is 1.98. The summed E-state index contributed by atoms with van der Waals surface area (Å²) < 4.78 is 5.69. The highest BCUT2D eigenvalue weighted by atomic mass is 16.5. The van der Waals surface area contributed by atoms with Gasteiger partial charge in [-0.3, -0.25) is 0 Å². The van der Waals surface area contributed by atoms with E-state index >= 15 is 0 Å². The van der Waals surface area contributed by atoms with Crippen molar-refractivity contribution < 1.29 is 4.74 Å². The van der Waals surface area contributed by atoms with Gasteiger partial charge in [0.05, 0.1) is 6.61 Å². The quantitative estimate of drug-likeness (QED) is 0.743. The number of hydrogen-bond donors (Lipinski definition) is 1. The van der Waals surface area contributed by atoms with Gasteiger partial charge in [-0.05, 0) is 37.0 Å². The largest absolute Gasteiger partial charge is 0.494 e. The first-order valence-corrected chi connectivity index (χ1v) is 7.85. The standard InChI is InChI=1S/C19H25NO/c1-3-13-21-19-12-8-11-18(15-19)20-17(4-2)14-16-9-6-5-7-10-16/h5-12,15,17,20H,3-4,13-14H2,1-2H3. The van der Waals surface area contributed by atoms with Gasteiger partial charge in [0.25, 0.3) is 0 Å². The van der Waals surface area contributed by atoms with Gasteiger partial charge in [0.2, 0.25) is 0 Å². The molecule has 112 valence electrons. The molecule has 0 radical (unpaired) electrons. The zero-order valence-corrected chi connectivity index (χ0v) is 13.0. The molecule has 0 saturated carbocycles. The fourth-order valence-corrected chi connectivity index (χ4v) is 2.33. The Morgan fingerprint density at radius 1 is 1.00 bits per heavy atom. The lowest BCUT2D eigenvalue weighted by molar-refractivity contribution is 0.317. The van der Waals surface area contributed by atoms with E-state index in [1.54, 1.807) is 0 Å². The van der Waals surface area contributed by atoms with Crippen LogP contribution in [0.15, 0.2) is 54.6 Å². The van der Waals surface area contributed by atoms with E-state index in [2.05, 4.69) is 61.6 Å². The van der Waals surface area contributed by atoms with Gasteiger partial charge in [-0.15, -0.1) is 0 Å². The molecule has 0 saturated heterocycles. The van der Waals surface area contributed by atoms with Crippen LogP contribution in [0.1, 0.15) is 32.3 Å². The molecule has 0 heterocycles. The fourth-order valence-electron chi connectivity index (χ4n) is 2.33. The van der Waals surface area contributed by atoms with E-state index in [4.69, 9.17) is 4.74 Å². The SMILES string of the molecule is CCCOc1cccc(NC(CC)Cc2ccccc2)c1. The van der Waals surface area contributed by atoms with Crippen LogP contribution in [0, 0.1) is 0 Å². The van der Waals surface area contributed by atoms with Gasteiger partial charge < -0.3 is 10.1 Å². The van der Waals surface area contributed by atoms with Crippen molar-refractivity contribution in [3.05, 3.63) is 60.2 Å². The second-order valence-corrected chi connectivity index (χ2v) is 5.32. The van der Waals surface area contributed by atoms with Crippen LogP contribution in [0.3, 0.4) is 0 Å². The molecule has 0 fully saturated rings. The number of benzene rings is 2. The van der Waals surface area contributed by atoms with E-state index in [1.165, 1.54) is 5.56 Å². The predicted octanol–water partition coefficient (Wildman–Crippen LogP) is 4.91. The van der Waals surface area contributed by atoms with Crippen LogP contribution in [0.2, 0.25) is 0 Å². The van der Waals surface area contributed by atoms with Crippen LogP contribution in [-0.2, 0) is 6.42 Å². The second-order valence-electron chi connectivity index (χ2n) is 5.32. The van der Waals surface area contributed by atoms with Crippen LogP contribution < -0.4 is 10.1 Å². The minimum Gasteiger partial charge on any atom is -0.494 e. The third kappa shape index (κ3) is 5.14. The molecule has 0 aliphatic rings. The number of ether oxygens (including phenoxy) is 1. The van der Waals surface area contributed by atoms with E-state index in [0.29, 0.717) is 6.04 Å². The normalized spacial score (nSPS) is 11.9. The van der Waals surface area contributed by atoms with Crippen LogP contribution in [0.5, 0.6) is 5.75 Å². The maximum Gasteiger partial charge on any atom is 0.121 e. The number of anilines is 1. The summed E-state index contributed by atoms with van der Waals surface area (Å²) in [4.78, 5) is 0. The molecule has 0 amide bonds. The highest BCUT2D eigenvalue weighted by Gasteiger charge is 2.07. The highest BCUT2D eigenvalue weighted by molar-refractivity contribution is 5.49. The summed E-state index contributed by atoms with van der Waals surface area (Å²) in [6, 6.07) is 19.3. The summed E-state index contributed by atoms with van der Waals surface area (Å²) in [6.45, 7) is 5.11. The summed E-state index contributed by atoms with van der Waals surface area (Å²) in [5.41, 5.74) is 2.50. The average molecular weight is 283 g/mol. The molecule has 2 heteroatoms. The van der Waals surface area contributed by atoms with Crippen LogP contribution in [0.4, 0.5) is 5.69 Å². The molecule has 0 aliphatic heterocycles. The van der Waals surface area contributed by atoms with Crippen molar-refractivity contribution in [1.82, 2.24) is 0 Å². The molecular weight excluding hydrogens is 258 g/mol. The highest BCUT2D eigenvalue weighted by Crippen LogP contribution is 2.20. The minimum absolute atomic E-state index is 0.439. The topological polar surface area (TPSA) is 21.3 Å². The van der Waals surface area contributed by atoms with E-state index in [1.807, 2.05) is 12.1 Å². The average Bonchev–Trinajstić information content (AvgIpc) is 2.53. The Hall–Kier alpha value is -1.96. The number of hydrogen-bond acceptors (Lipinski definition) is 2. The molecule has 0 aliphatic carbocycles. The van der Waals surface area contributed by atoms with E-state index in [-0.39, 0.29) is 0 Å². The van der Waals surface area contributed by atoms with Crippen molar-refractivity contribution in [3.8, 4) is 5.75 Å². The molecule has 21 heavy (non-hydrogen) atoms. The van der Waals surface area contributed by atoms with Gasteiger partial charge in [-0.1, -0.05) is 50.2 Å². The molecule has 1 N–H and O–H groups in total. The third-order valence-electron chi connectivity index (χ3n) is 3.50. The Kier molecular flexibility index (Phi) is 6.14.